The fourth-order valence-electron chi connectivity index (χ4n) is 2.12. The SMILES string of the molecule is Cc1[nH]nc(C(=O)O)c1S(=O)(=O)N(C)CC1CC1C. The summed E-state index contributed by atoms with van der Waals surface area (Å²) in [5, 5.41) is 15.0. The van der Waals surface area contributed by atoms with Crippen molar-refractivity contribution in [3.8, 4) is 0 Å². The number of aromatic nitrogens is 2. The average Bonchev–Trinajstić information content (AvgIpc) is 2.84. The highest BCUT2D eigenvalue weighted by molar-refractivity contribution is 7.89. The molecular weight excluding hydrogens is 270 g/mol. The van der Waals surface area contributed by atoms with Crippen LogP contribution in [0.4, 0.5) is 0 Å². The van der Waals surface area contributed by atoms with Crippen LogP contribution >= 0.6 is 0 Å². The van der Waals surface area contributed by atoms with Crippen molar-refractivity contribution in [3.05, 3.63) is 11.4 Å². The fraction of sp³-hybridized carbons (Fsp3) is 0.636. The predicted molar refractivity (Wildman–Crippen MR) is 67.4 cm³/mol. The van der Waals surface area contributed by atoms with Gasteiger partial charge in [0.15, 0.2) is 5.69 Å². The van der Waals surface area contributed by atoms with E-state index in [9.17, 15) is 13.2 Å². The molecule has 1 saturated carbocycles. The Morgan fingerprint density at radius 2 is 2.16 bits per heavy atom. The number of hydrogen-bond donors (Lipinski definition) is 2. The molecule has 7 nitrogen and oxygen atoms in total. The summed E-state index contributed by atoms with van der Waals surface area (Å²) in [6, 6.07) is 0. The summed E-state index contributed by atoms with van der Waals surface area (Å²) < 4.78 is 26.0. The highest BCUT2D eigenvalue weighted by Gasteiger charge is 2.38. The molecule has 0 saturated heterocycles. The standard InChI is InChI=1S/C11H17N3O4S/c1-6-4-8(6)5-14(3)19(17,18)10-7(2)12-13-9(10)11(15)16/h6,8H,4-5H2,1-3H3,(H,12,13)(H,15,16). The van der Waals surface area contributed by atoms with E-state index < -0.39 is 21.7 Å². The third kappa shape index (κ3) is 2.50. The minimum absolute atomic E-state index is 0.240. The van der Waals surface area contributed by atoms with E-state index in [4.69, 9.17) is 5.11 Å². The molecule has 0 radical (unpaired) electrons. The second-order valence-electron chi connectivity index (χ2n) is 5.09. The molecule has 0 aliphatic heterocycles. The Morgan fingerprint density at radius 1 is 1.58 bits per heavy atom. The Labute approximate surface area is 111 Å². The molecule has 1 aliphatic carbocycles. The number of aromatic amines is 1. The number of nitrogens with one attached hydrogen (secondary N) is 1. The van der Waals surface area contributed by atoms with Gasteiger partial charge >= 0.3 is 5.97 Å². The molecule has 8 heteroatoms. The van der Waals surface area contributed by atoms with Gasteiger partial charge in [0.1, 0.15) is 4.90 Å². The molecule has 2 N–H and O–H groups in total. The first-order chi connectivity index (χ1) is 8.75. The van der Waals surface area contributed by atoms with Crippen molar-refractivity contribution >= 4 is 16.0 Å². The van der Waals surface area contributed by atoms with Crippen LogP contribution in [0.1, 0.15) is 29.5 Å². The van der Waals surface area contributed by atoms with Crippen LogP contribution in [-0.2, 0) is 10.0 Å². The predicted octanol–water partition coefficient (Wildman–Crippen LogP) is 0.693. The van der Waals surface area contributed by atoms with Gasteiger partial charge in [-0.2, -0.15) is 5.10 Å². The third-order valence-electron chi connectivity index (χ3n) is 3.53. The van der Waals surface area contributed by atoms with Gasteiger partial charge in [0.05, 0.1) is 5.69 Å². The van der Waals surface area contributed by atoms with Crippen molar-refractivity contribution in [2.75, 3.05) is 13.6 Å². The van der Waals surface area contributed by atoms with Gasteiger partial charge in [-0.05, 0) is 25.2 Å². The smallest absolute Gasteiger partial charge is 0.357 e. The Kier molecular flexibility index (Phi) is 3.40. The number of sulfonamides is 1. The highest BCUT2D eigenvalue weighted by Crippen LogP contribution is 2.39. The van der Waals surface area contributed by atoms with Crippen molar-refractivity contribution in [1.29, 1.82) is 0 Å². The van der Waals surface area contributed by atoms with E-state index in [1.54, 1.807) is 0 Å². The number of nitrogens with zero attached hydrogens (tertiary/aromatic N) is 2. The number of carbonyl (C=O) groups is 1. The molecule has 2 rings (SSSR count). The van der Waals surface area contributed by atoms with Crippen LogP contribution in [0.3, 0.4) is 0 Å². The number of aryl methyl sites for hydroxylation is 1. The van der Waals surface area contributed by atoms with E-state index in [0.717, 1.165) is 6.42 Å². The topological polar surface area (TPSA) is 103 Å². The molecule has 0 bridgehead atoms. The maximum atomic E-state index is 12.4. The molecule has 19 heavy (non-hydrogen) atoms. The number of H-pyrrole nitrogens is 1. The molecule has 1 fully saturated rings. The molecule has 0 aromatic carbocycles. The number of aromatic carboxylic acids is 1. The lowest BCUT2D eigenvalue weighted by Crippen LogP contribution is -2.30. The maximum absolute atomic E-state index is 12.4. The van der Waals surface area contributed by atoms with Crippen molar-refractivity contribution in [2.45, 2.75) is 25.2 Å². The Morgan fingerprint density at radius 3 is 2.63 bits per heavy atom. The average molecular weight is 287 g/mol. The zero-order chi connectivity index (χ0) is 14.4. The van der Waals surface area contributed by atoms with Gasteiger partial charge in [0.2, 0.25) is 10.0 Å². The second kappa shape index (κ2) is 4.61. The van der Waals surface area contributed by atoms with Gasteiger partial charge in [-0.1, -0.05) is 6.92 Å². The Hall–Kier alpha value is -1.41. The lowest BCUT2D eigenvalue weighted by Gasteiger charge is -2.17. The summed E-state index contributed by atoms with van der Waals surface area (Å²) >= 11 is 0. The van der Waals surface area contributed by atoms with E-state index in [1.807, 2.05) is 0 Å². The van der Waals surface area contributed by atoms with Crippen LogP contribution in [-0.4, -0.2) is 47.6 Å². The van der Waals surface area contributed by atoms with Crippen LogP contribution in [0.15, 0.2) is 4.90 Å². The fourth-order valence-corrected chi connectivity index (χ4v) is 3.63. The first kappa shape index (κ1) is 14.0. The van der Waals surface area contributed by atoms with Crippen molar-refractivity contribution in [2.24, 2.45) is 11.8 Å². The van der Waals surface area contributed by atoms with Crippen LogP contribution in [0.25, 0.3) is 0 Å². The monoisotopic (exact) mass is 287 g/mol. The van der Waals surface area contributed by atoms with Crippen molar-refractivity contribution < 1.29 is 18.3 Å². The molecule has 0 amide bonds. The largest absolute Gasteiger partial charge is 0.476 e. The molecule has 1 aliphatic rings. The minimum atomic E-state index is -3.82. The second-order valence-corrected chi connectivity index (χ2v) is 7.07. The number of carboxylic acid groups (broad SMARTS) is 1. The number of rotatable bonds is 5. The zero-order valence-corrected chi connectivity index (χ0v) is 11.9. The summed E-state index contributed by atoms with van der Waals surface area (Å²) in [6.07, 6.45) is 1.01. The lowest BCUT2D eigenvalue weighted by molar-refractivity contribution is 0.0686. The summed E-state index contributed by atoms with van der Waals surface area (Å²) in [6.45, 7) is 3.98. The number of hydrogen-bond acceptors (Lipinski definition) is 4. The van der Waals surface area contributed by atoms with E-state index >= 15 is 0 Å². The first-order valence-electron chi connectivity index (χ1n) is 5.99. The van der Waals surface area contributed by atoms with E-state index in [2.05, 4.69) is 17.1 Å². The normalized spacial score (nSPS) is 22.7. The van der Waals surface area contributed by atoms with Crippen LogP contribution in [0, 0.1) is 18.8 Å². The summed E-state index contributed by atoms with van der Waals surface area (Å²) in [4.78, 5) is 10.8. The van der Waals surface area contributed by atoms with Gasteiger partial charge in [0, 0.05) is 13.6 Å². The van der Waals surface area contributed by atoms with Crippen molar-refractivity contribution in [1.82, 2.24) is 14.5 Å². The summed E-state index contributed by atoms with van der Waals surface area (Å²) in [7, 11) is -2.35. The van der Waals surface area contributed by atoms with Gasteiger partial charge in [-0.25, -0.2) is 17.5 Å². The maximum Gasteiger partial charge on any atom is 0.357 e. The molecule has 106 valence electrons. The van der Waals surface area contributed by atoms with Gasteiger partial charge < -0.3 is 5.11 Å². The van der Waals surface area contributed by atoms with E-state index in [1.165, 1.54) is 18.3 Å². The molecular formula is C11H17N3O4S. The first-order valence-corrected chi connectivity index (χ1v) is 7.43. The third-order valence-corrected chi connectivity index (χ3v) is 5.51. The minimum Gasteiger partial charge on any atom is -0.476 e. The summed E-state index contributed by atoms with van der Waals surface area (Å²) in [5.41, 5.74) is -0.207. The molecule has 1 heterocycles. The van der Waals surface area contributed by atoms with Crippen LogP contribution in [0.2, 0.25) is 0 Å². The molecule has 1 aromatic heterocycles. The zero-order valence-electron chi connectivity index (χ0n) is 11.0. The Balaban J connectivity index is 2.33. The molecule has 1 aromatic rings. The lowest BCUT2D eigenvalue weighted by atomic mass is 10.3. The molecule has 2 unspecified atom stereocenters. The summed E-state index contributed by atoms with van der Waals surface area (Å²) in [5.74, 6) is -0.460. The van der Waals surface area contributed by atoms with Crippen LogP contribution in [0.5, 0.6) is 0 Å². The highest BCUT2D eigenvalue weighted by atomic mass is 32.2. The molecule has 2 atom stereocenters. The van der Waals surface area contributed by atoms with Crippen LogP contribution < -0.4 is 0 Å². The van der Waals surface area contributed by atoms with E-state index in [0.29, 0.717) is 18.4 Å². The van der Waals surface area contributed by atoms with Gasteiger partial charge in [-0.15, -0.1) is 0 Å². The van der Waals surface area contributed by atoms with Gasteiger partial charge in [-0.3, -0.25) is 5.10 Å². The molecule has 0 spiro atoms. The quantitative estimate of drug-likeness (QED) is 0.829. The number of carboxylic acids is 1. The van der Waals surface area contributed by atoms with E-state index in [-0.39, 0.29) is 10.6 Å². The van der Waals surface area contributed by atoms with Crippen molar-refractivity contribution in [3.63, 3.8) is 0 Å². The van der Waals surface area contributed by atoms with Gasteiger partial charge in [0.25, 0.3) is 0 Å². The Bertz CT molecular complexity index is 607.